The lowest BCUT2D eigenvalue weighted by molar-refractivity contribution is -0.122. The van der Waals surface area contributed by atoms with E-state index in [1.165, 1.54) is 16.6 Å². The number of hydrogen-bond donors (Lipinski definition) is 2. The maximum Gasteiger partial charge on any atom is 0.240 e. The van der Waals surface area contributed by atoms with Crippen molar-refractivity contribution < 1.29 is 14.3 Å². The van der Waals surface area contributed by atoms with Crippen LogP contribution in [0.2, 0.25) is 0 Å². The summed E-state index contributed by atoms with van der Waals surface area (Å²) in [6.07, 6.45) is 1.69. The van der Waals surface area contributed by atoms with Crippen molar-refractivity contribution in [3.05, 3.63) is 46.2 Å². The Morgan fingerprint density at radius 1 is 1.29 bits per heavy atom. The lowest BCUT2D eigenvalue weighted by atomic mass is 10.2. The fourth-order valence-corrected chi connectivity index (χ4v) is 4.10. The van der Waals surface area contributed by atoms with Crippen molar-refractivity contribution >= 4 is 52.0 Å². The minimum absolute atomic E-state index is 0.0521. The molecule has 3 rings (SSSR count). The van der Waals surface area contributed by atoms with Gasteiger partial charge in [-0.2, -0.15) is 5.10 Å². The highest BCUT2D eigenvalue weighted by Gasteiger charge is 2.32. The van der Waals surface area contributed by atoms with E-state index in [0.29, 0.717) is 17.5 Å². The number of aryl methyl sites for hydroxylation is 1. The van der Waals surface area contributed by atoms with E-state index in [4.69, 9.17) is 4.74 Å². The molecule has 0 radical (unpaired) electrons. The molecule has 1 atom stereocenters. The normalized spacial score (nSPS) is 17.9. The summed E-state index contributed by atoms with van der Waals surface area (Å²) in [4.78, 5) is 26.5. The van der Waals surface area contributed by atoms with E-state index in [2.05, 4.69) is 20.8 Å². The maximum atomic E-state index is 12.2. The van der Waals surface area contributed by atoms with E-state index in [0.717, 1.165) is 10.6 Å². The van der Waals surface area contributed by atoms with Gasteiger partial charge in [0.2, 0.25) is 11.8 Å². The smallest absolute Gasteiger partial charge is 0.240 e. The van der Waals surface area contributed by atoms with Crippen molar-refractivity contribution in [2.75, 3.05) is 11.9 Å². The summed E-state index contributed by atoms with van der Waals surface area (Å²) in [5.41, 5.74) is 0.654. The molecule has 1 aliphatic heterocycles. The molecule has 0 bridgehead atoms. The van der Waals surface area contributed by atoms with E-state index >= 15 is 0 Å². The molecule has 0 aliphatic carbocycles. The highest BCUT2D eigenvalue weighted by molar-refractivity contribution is 8.15. The monoisotopic (exact) mass is 416 g/mol. The zero-order valence-corrected chi connectivity index (χ0v) is 17.1. The fourth-order valence-electron chi connectivity index (χ4n) is 2.43. The van der Waals surface area contributed by atoms with E-state index in [1.807, 2.05) is 26.0 Å². The van der Waals surface area contributed by atoms with Crippen LogP contribution in [0.5, 0.6) is 5.75 Å². The SMILES string of the molecule is CCOc1ccc(NC(=O)CC2S/C(=N\N=C\c3ccc(C)s3)NC2=O)cc1. The van der Waals surface area contributed by atoms with E-state index < -0.39 is 5.25 Å². The molecule has 1 aromatic carbocycles. The molecular formula is C19H20N4O3S2. The standard InChI is InChI=1S/C19H20N4O3S2/c1-3-26-14-7-5-13(6-8-14)21-17(24)10-16-18(25)22-19(28-16)23-20-11-15-9-4-12(2)27-15/h4-9,11,16H,3,10H2,1-2H3,(H,21,24)(H,22,23,25)/b20-11+. The van der Waals surface area contributed by atoms with Gasteiger partial charge in [-0.3, -0.25) is 9.59 Å². The molecule has 2 heterocycles. The number of carbonyl (C=O) groups is 2. The van der Waals surface area contributed by atoms with Crippen LogP contribution >= 0.6 is 23.1 Å². The molecule has 1 saturated heterocycles. The van der Waals surface area contributed by atoms with Crippen LogP contribution in [0.1, 0.15) is 23.1 Å². The van der Waals surface area contributed by atoms with Crippen LogP contribution in [0.4, 0.5) is 5.69 Å². The Hall–Kier alpha value is -2.65. The van der Waals surface area contributed by atoms with Gasteiger partial charge in [0.05, 0.1) is 12.8 Å². The third kappa shape index (κ3) is 5.67. The molecule has 7 nitrogen and oxygen atoms in total. The first-order chi connectivity index (χ1) is 13.5. The Labute approximate surface area is 171 Å². The Kier molecular flexibility index (Phi) is 6.83. The molecular weight excluding hydrogens is 396 g/mol. The summed E-state index contributed by atoms with van der Waals surface area (Å²) in [5.74, 6) is 0.258. The van der Waals surface area contributed by atoms with E-state index in [1.54, 1.807) is 41.8 Å². The van der Waals surface area contributed by atoms with Crippen LogP contribution < -0.4 is 15.4 Å². The lowest BCUT2D eigenvalue weighted by Gasteiger charge is -2.08. The Morgan fingerprint density at radius 2 is 2.07 bits per heavy atom. The van der Waals surface area contributed by atoms with Crippen LogP contribution in [-0.4, -0.2) is 35.1 Å². The van der Waals surface area contributed by atoms with Crippen LogP contribution in [0.25, 0.3) is 0 Å². The second kappa shape index (κ2) is 9.52. The number of benzene rings is 1. The number of amidine groups is 1. The van der Waals surface area contributed by atoms with Crippen LogP contribution in [0.3, 0.4) is 0 Å². The van der Waals surface area contributed by atoms with Gasteiger partial charge >= 0.3 is 0 Å². The number of amides is 2. The summed E-state index contributed by atoms with van der Waals surface area (Å²) in [7, 11) is 0. The van der Waals surface area contributed by atoms with Crippen LogP contribution in [0, 0.1) is 6.92 Å². The molecule has 0 spiro atoms. The molecule has 28 heavy (non-hydrogen) atoms. The van der Waals surface area contributed by atoms with Gasteiger partial charge in [-0.15, -0.1) is 16.4 Å². The van der Waals surface area contributed by atoms with Gasteiger partial charge in [0.1, 0.15) is 11.0 Å². The zero-order valence-electron chi connectivity index (χ0n) is 15.5. The number of carbonyl (C=O) groups excluding carboxylic acids is 2. The molecule has 1 aromatic heterocycles. The minimum Gasteiger partial charge on any atom is -0.494 e. The number of ether oxygens (including phenoxy) is 1. The molecule has 1 fully saturated rings. The first kappa shape index (κ1) is 20.1. The average molecular weight is 417 g/mol. The Morgan fingerprint density at radius 3 is 2.75 bits per heavy atom. The number of nitrogens with zero attached hydrogens (tertiary/aromatic N) is 2. The van der Waals surface area contributed by atoms with Gasteiger partial charge in [-0.1, -0.05) is 11.8 Å². The molecule has 1 unspecified atom stereocenters. The highest BCUT2D eigenvalue weighted by Crippen LogP contribution is 2.23. The van der Waals surface area contributed by atoms with Gasteiger partial charge < -0.3 is 15.4 Å². The minimum atomic E-state index is -0.527. The maximum absolute atomic E-state index is 12.2. The third-order valence-electron chi connectivity index (χ3n) is 3.69. The van der Waals surface area contributed by atoms with E-state index in [-0.39, 0.29) is 18.2 Å². The number of anilines is 1. The van der Waals surface area contributed by atoms with Crippen molar-refractivity contribution in [3.8, 4) is 5.75 Å². The lowest BCUT2D eigenvalue weighted by Crippen LogP contribution is -2.28. The first-order valence-electron chi connectivity index (χ1n) is 8.71. The molecule has 2 N–H and O–H groups in total. The third-order valence-corrected chi connectivity index (χ3v) is 5.70. The predicted octanol–water partition coefficient (Wildman–Crippen LogP) is 3.41. The topological polar surface area (TPSA) is 92.2 Å². The van der Waals surface area contributed by atoms with Crippen LogP contribution in [-0.2, 0) is 9.59 Å². The van der Waals surface area contributed by atoms with Crippen molar-refractivity contribution in [2.45, 2.75) is 25.5 Å². The molecule has 1 aliphatic rings. The second-order valence-electron chi connectivity index (χ2n) is 5.90. The second-order valence-corrected chi connectivity index (χ2v) is 8.41. The van der Waals surface area contributed by atoms with Crippen molar-refractivity contribution in [3.63, 3.8) is 0 Å². The van der Waals surface area contributed by atoms with E-state index in [9.17, 15) is 9.59 Å². The number of rotatable bonds is 7. The number of nitrogens with one attached hydrogen (secondary N) is 2. The van der Waals surface area contributed by atoms with Crippen molar-refractivity contribution in [2.24, 2.45) is 10.2 Å². The Balaban J connectivity index is 1.51. The van der Waals surface area contributed by atoms with Gasteiger partial charge in [0, 0.05) is 21.9 Å². The summed E-state index contributed by atoms with van der Waals surface area (Å²) < 4.78 is 5.37. The molecule has 2 aromatic rings. The molecule has 2 amide bonds. The largest absolute Gasteiger partial charge is 0.494 e. The summed E-state index contributed by atoms with van der Waals surface area (Å²) in [6.45, 7) is 4.51. The van der Waals surface area contributed by atoms with Gasteiger partial charge in [0.15, 0.2) is 5.17 Å². The molecule has 0 saturated carbocycles. The van der Waals surface area contributed by atoms with Gasteiger partial charge in [-0.25, -0.2) is 0 Å². The Bertz CT molecular complexity index is 906. The number of hydrogen-bond acceptors (Lipinski definition) is 7. The highest BCUT2D eigenvalue weighted by atomic mass is 32.2. The molecule has 146 valence electrons. The first-order valence-corrected chi connectivity index (χ1v) is 10.4. The quantitative estimate of drug-likeness (QED) is 0.534. The summed E-state index contributed by atoms with van der Waals surface area (Å²) in [5, 5.41) is 13.3. The molecule has 9 heteroatoms. The number of thiophene rings is 1. The fraction of sp³-hybridized carbons (Fsp3) is 0.263. The summed E-state index contributed by atoms with van der Waals surface area (Å²) >= 11 is 2.82. The van der Waals surface area contributed by atoms with Gasteiger partial charge in [0.25, 0.3) is 0 Å². The summed E-state index contributed by atoms with van der Waals surface area (Å²) in [6, 6.07) is 11.1. The number of thioether (sulfide) groups is 1. The van der Waals surface area contributed by atoms with Crippen molar-refractivity contribution in [1.82, 2.24) is 5.32 Å². The zero-order chi connectivity index (χ0) is 19.9. The predicted molar refractivity (Wildman–Crippen MR) is 114 cm³/mol. The average Bonchev–Trinajstić information content (AvgIpc) is 3.22. The van der Waals surface area contributed by atoms with Crippen LogP contribution in [0.15, 0.2) is 46.6 Å². The van der Waals surface area contributed by atoms with Crippen molar-refractivity contribution in [1.29, 1.82) is 0 Å². The van der Waals surface area contributed by atoms with Gasteiger partial charge in [-0.05, 0) is 50.2 Å².